The van der Waals surface area contributed by atoms with Crippen molar-refractivity contribution in [1.82, 2.24) is 0 Å². The van der Waals surface area contributed by atoms with Crippen LogP contribution in [-0.4, -0.2) is 19.6 Å². The Morgan fingerprint density at radius 2 is 2.05 bits per heavy atom. The molecule has 21 heavy (non-hydrogen) atoms. The SMILES string of the molecule is COc1ccc2c(c1)CCCN2C(=O)c1ccccc1N. The van der Waals surface area contributed by atoms with Gasteiger partial charge in [0.1, 0.15) is 5.75 Å². The van der Waals surface area contributed by atoms with Gasteiger partial charge in [0, 0.05) is 17.9 Å². The van der Waals surface area contributed by atoms with Gasteiger partial charge in [-0.1, -0.05) is 12.1 Å². The van der Waals surface area contributed by atoms with Crippen LogP contribution in [0.3, 0.4) is 0 Å². The van der Waals surface area contributed by atoms with Crippen molar-refractivity contribution in [3.63, 3.8) is 0 Å². The van der Waals surface area contributed by atoms with Gasteiger partial charge in [-0.05, 0) is 48.7 Å². The van der Waals surface area contributed by atoms with Crippen molar-refractivity contribution in [3.8, 4) is 5.75 Å². The molecule has 2 aromatic carbocycles. The van der Waals surface area contributed by atoms with Crippen LogP contribution in [0.4, 0.5) is 11.4 Å². The zero-order chi connectivity index (χ0) is 14.8. The van der Waals surface area contributed by atoms with Crippen molar-refractivity contribution in [1.29, 1.82) is 0 Å². The van der Waals surface area contributed by atoms with Crippen molar-refractivity contribution < 1.29 is 9.53 Å². The van der Waals surface area contributed by atoms with E-state index >= 15 is 0 Å². The monoisotopic (exact) mass is 282 g/mol. The fraction of sp³-hybridized carbons (Fsp3) is 0.235. The van der Waals surface area contributed by atoms with E-state index in [1.807, 2.05) is 35.2 Å². The number of carbonyl (C=O) groups excluding carboxylic acids is 1. The van der Waals surface area contributed by atoms with Gasteiger partial charge < -0.3 is 15.4 Å². The number of amides is 1. The van der Waals surface area contributed by atoms with Gasteiger partial charge >= 0.3 is 0 Å². The van der Waals surface area contributed by atoms with Gasteiger partial charge in [-0.25, -0.2) is 0 Å². The second kappa shape index (κ2) is 5.48. The number of fused-ring (bicyclic) bond motifs is 1. The molecule has 1 heterocycles. The van der Waals surface area contributed by atoms with E-state index in [1.54, 1.807) is 19.2 Å². The maximum atomic E-state index is 12.8. The molecule has 0 bridgehead atoms. The minimum atomic E-state index is -0.0424. The molecule has 4 heteroatoms. The smallest absolute Gasteiger partial charge is 0.260 e. The van der Waals surface area contributed by atoms with Gasteiger partial charge in [-0.15, -0.1) is 0 Å². The molecule has 1 aliphatic rings. The molecule has 0 aromatic heterocycles. The van der Waals surface area contributed by atoms with E-state index in [1.165, 1.54) is 0 Å². The first-order valence-corrected chi connectivity index (χ1v) is 7.04. The van der Waals surface area contributed by atoms with E-state index in [0.29, 0.717) is 17.8 Å². The predicted octanol–water partition coefficient (Wildman–Crippen LogP) is 2.87. The first kappa shape index (κ1) is 13.5. The van der Waals surface area contributed by atoms with Gasteiger partial charge in [-0.2, -0.15) is 0 Å². The molecule has 0 spiro atoms. The molecule has 108 valence electrons. The Kier molecular flexibility index (Phi) is 3.52. The lowest BCUT2D eigenvalue weighted by atomic mass is 10.00. The zero-order valence-electron chi connectivity index (χ0n) is 12.0. The quantitative estimate of drug-likeness (QED) is 0.862. The summed E-state index contributed by atoms with van der Waals surface area (Å²) in [6.07, 6.45) is 1.90. The molecule has 0 atom stereocenters. The summed E-state index contributed by atoms with van der Waals surface area (Å²) >= 11 is 0. The van der Waals surface area contributed by atoms with Crippen LogP contribution >= 0.6 is 0 Å². The van der Waals surface area contributed by atoms with E-state index in [2.05, 4.69) is 0 Å². The van der Waals surface area contributed by atoms with Crippen molar-refractivity contribution >= 4 is 17.3 Å². The number of nitrogens with zero attached hydrogens (tertiary/aromatic N) is 1. The summed E-state index contributed by atoms with van der Waals surface area (Å²) in [6, 6.07) is 13.0. The van der Waals surface area contributed by atoms with Crippen molar-refractivity contribution in [2.45, 2.75) is 12.8 Å². The van der Waals surface area contributed by atoms with E-state index in [4.69, 9.17) is 10.5 Å². The standard InChI is InChI=1S/C17H18N2O2/c1-21-13-8-9-16-12(11-13)5-4-10-19(16)17(20)14-6-2-3-7-15(14)18/h2-3,6-9,11H,4-5,10,18H2,1H3. The summed E-state index contributed by atoms with van der Waals surface area (Å²) in [4.78, 5) is 14.6. The number of rotatable bonds is 2. The van der Waals surface area contributed by atoms with Gasteiger partial charge in [0.05, 0.1) is 12.7 Å². The number of nitrogens with two attached hydrogens (primary N) is 1. The minimum Gasteiger partial charge on any atom is -0.497 e. The van der Waals surface area contributed by atoms with Crippen LogP contribution in [0.25, 0.3) is 0 Å². The summed E-state index contributed by atoms with van der Waals surface area (Å²) in [5.41, 5.74) is 9.10. The molecule has 2 N–H and O–H groups in total. The lowest BCUT2D eigenvalue weighted by Crippen LogP contribution is -2.35. The number of anilines is 2. The summed E-state index contributed by atoms with van der Waals surface area (Å²) < 4.78 is 5.26. The second-order valence-electron chi connectivity index (χ2n) is 5.14. The average Bonchev–Trinajstić information content (AvgIpc) is 2.53. The number of carbonyl (C=O) groups is 1. The number of para-hydroxylation sites is 1. The van der Waals surface area contributed by atoms with Gasteiger partial charge in [-0.3, -0.25) is 4.79 Å². The molecular weight excluding hydrogens is 264 g/mol. The molecule has 0 fully saturated rings. The van der Waals surface area contributed by atoms with Gasteiger partial charge in [0.2, 0.25) is 0 Å². The molecule has 0 aliphatic carbocycles. The van der Waals surface area contributed by atoms with E-state index in [-0.39, 0.29) is 5.91 Å². The fourth-order valence-corrected chi connectivity index (χ4v) is 2.75. The maximum Gasteiger partial charge on any atom is 0.260 e. The molecule has 4 nitrogen and oxygen atoms in total. The molecule has 2 aromatic rings. The van der Waals surface area contributed by atoms with Crippen molar-refractivity contribution in [2.24, 2.45) is 0 Å². The fourth-order valence-electron chi connectivity index (χ4n) is 2.75. The van der Waals surface area contributed by atoms with Crippen LogP contribution in [0, 0.1) is 0 Å². The summed E-state index contributed by atoms with van der Waals surface area (Å²) in [5.74, 6) is 0.779. The Bertz CT molecular complexity index is 682. The zero-order valence-corrected chi connectivity index (χ0v) is 12.0. The number of ether oxygens (including phenoxy) is 1. The summed E-state index contributed by atoms with van der Waals surface area (Å²) in [6.45, 7) is 0.715. The maximum absolute atomic E-state index is 12.8. The number of hydrogen-bond acceptors (Lipinski definition) is 3. The van der Waals surface area contributed by atoms with Crippen LogP contribution in [0.2, 0.25) is 0 Å². The normalized spacial score (nSPS) is 13.7. The van der Waals surface area contributed by atoms with Crippen LogP contribution in [0.1, 0.15) is 22.3 Å². The Morgan fingerprint density at radius 1 is 1.24 bits per heavy atom. The molecule has 1 amide bonds. The van der Waals surface area contributed by atoms with Crippen molar-refractivity contribution in [2.75, 3.05) is 24.3 Å². The Labute approximate surface area is 124 Å². The molecule has 1 aliphatic heterocycles. The Balaban J connectivity index is 1.99. The molecule has 0 radical (unpaired) electrons. The number of hydrogen-bond donors (Lipinski definition) is 1. The van der Waals surface area contributed by atoms with Crippen molar-refractivity contribution in [3.05, 3.63) is 53.6 Å². The molecule has 0 unspecified atom stereocenters. The number of nitrogen functional groups attached to an aromatic ring is 1. The first-order valence-electron chi connectivity index (χ1n) is 7.04. The van der Waals surface area contributed by atoms with Crippen LogP contribution in [-0.2, 0) is 6.42 Å². The van der Waals surface area contributed by atoms with E-state index in [9.17, 15) is 4.79 Å². The third kappa shape index (κ3) is 2.44. The third-order valence-electron chi connectivity index (χ3n) is 3.84. The highest BCUT2D eigenvalue weighted by Gasteiger charge is 2.24. The molecule has 3 rings (SSSR count). The minimum absolute atomic E-state index is 0.0424. The average molecular weight is 282 g/mol. The highest BCUT2D eigenvalue weighted by molar-refractivity contribution is 6.09. The number of aryl methyl sites for hydroxylation is 1. The van der Waals surface area contributed by atoms with E-state index in [0.717, 1.165) is 29.8 Å². The van der Waals surface area contributed by atoms with Gasteiger partial charge in [0.15, 0.2) is 0 Å². The number of methoxy groups -OCH3 is 1. The summed E-state index contributed by atoms with van der Waals surface area (Å²) in [5, 5.41) is 0. The van der Waals surface area contributed by atoms with E-state index < -0.39 is 0 Å². The van der Waals surface area contributed by atoms with Crippen LogP contribution < -0.4 is 15.4 Å². The summed E-state index contributed by atoms with van der Waals surface area (Å²) in [7, 11) is 1.65. The number of benzene rings is 2. The van der Waals surface area contributed by atoms with Crippen LogP contribution in [0.5, 0.6) is 5.75 Å². The molecule has 0 saturated heterocycles. The first-order chi connectivity index (χ1) is 10.2. The molecular formula is C17H18N2O2. The lowest BCUT2D eigenvalue weighted by molar-refractivity contribution is 0.0986. The highest BCUT2D eigenvalue weighted by atomic mass is 16.5. The Morgan fingerprint density at radius 3 is 2.81 bits per heavy atom. The van der Waals surface area contributed by atoms with Gasteiger partial charge in [0.25, 0.3) is 5.91 Å². The topological polar surface area (TPSA) is 55.6 Å². The second-order valence-corrected chi connectivity index (χ2v) is 5.14. The van der Waals surface area contributed by atoms with Crippen LogP contribution in [0.15, 0.2) is 42.5 Å². The molecule has 0 saturated carbocycles. The highest BCUT2D eigenvalue weighted by Crippen LogP contribution is 2.32. The third-order valence-corrected chi connectivity index (χ3v) is 3.84. The Hall–Kier alpha value is -2.49. The largest absolute Gasteiger partial charge is 0.497 e. The lowest BCUT2D eigenvalue weighted by Gasteiger charge is -2.30. The predicted molar refractivity (Wildman–Crippen MR) is 83.8 cm³/mol.